The average Bonchev–Trinajstić information content (AvgIpc) is 2.73. The average molecular weight is 415 g/mol. The Morgan fingerprint density at radius 2 is 1.14 bits per heavy atom. The topological polar surface area (TPSA) is 82.0 Å². The molecule has 0 aliphatic carbocycles. The van der Waals surface area contributed by atoms with Crippen molar-refractivity contribution in [1.82, 2.24) is 5.32 Å². The Balaban J connectivity index is 1.79. The lowest BCUT2D eigenvalue weighted by molar-refractivity contribution is -0.137. The van der Waals surface area contributed by atoms with E-state index in [0.717, 1.165) is 13.0 Å². The van der Waals surface area contributed by atoms with Gasteiger partial charge in [-0.2, -0.15) is 0 Å². The Morgan fingerprint density at radius 3 is 1.59 bits per heavy atom. The molecule has 1 heterocycles. The van der Waals surface area contributed by atoms with Crippen molar-refractivity contribution in [1.29, 1.82) is 0 Å². The van der Waals surface area contributed by atoms with E-state index in [1.807, 2.05) is 0 Å². The number of nitrogens with one attached hydrogen (secondary N) is 1. The van der Waals surface area contributed by atoms with Gasteiger partial charge in [-0.3, -0.25) is 0 Å². The molecule has 0 aromatic carbocycles. The molecule has 1 rings (SSSR count). The molecular formula is C24H48NO4. The number of aliphatic hydroxyl groups excluding tert-OH is 3. The highest BCUT2D eigenvalue weighted by atomic mass is 16.5. The third-order valence-corrected chi connectivity index (χ3v) is 6.09. The van der Waals surface area contributed by atoms with Gasteiger partial charge in [0.1, 0.15) is 24.9 Å². The normalized spacial score (nSPS) is 24.8. The smallest absolute Gasteiger partial charge is 0.110 e. The molecule has 1 radical (unpaired) electrons. The van der Waals surface area contributed by atoms with E-state index in [4.69, 9.17) is 9.84 Å². The standard InChI is InChI=1S/C24H48NO4/c1-2-3-4-5-6-7-8-9-10-11-12-13-14-15-16-17-18-25-21-20-29-22(19-26)24(28)23(21)27/h20-28H,2-19H2,1H3/t21-,22+,23+,24+/m0/s1. The predicted octanol–water partition coefficient (Wildman–Crippen LogP) is 4.48. The molecule has 0 unspecified atom stereocenters. The summed E-state index contributed by atoms with van der Waals surface area (Å²) in [6.45, 7) is 4.29. The third-order valence-electron chi connectivity index (χ3n) is 6.09. The van der Waals surface area contributed by atoms with E-state index in [9.17, 15) is 10.2 Å². The molecule has 0 spiro atoms. The van der Waals surface area contributed by atoms with E-state index in [0.29, 0.717) is 0 Å². The third kappa shape index (κ3) is 13.0. The molecule has 0 saturated carbocycles. The molecule has 173 valence electrons. The van der Waals surface area contributed by atoms with Crippen molar-refractivity contribution in [3.05, 3.63) is 6.61 Å². The second kappa shape index (κ2) is 18.6. The lowest BCUT2D eigenvalue weighted by Gasteiger charge is -2.36. The number of hydrogen-bond acceptors (Lipinski definition) is 5. The summed E-state index contributed by atoms with van der Waals surface area (Å²) < 4.78 is 5.26. The monoisotopic (exact) mass is 414 g/mol. The fourth-order valence-electron chi connectivity index (χ4n) is 4.04. The van der Waals surface area contributed by atoms with Crippen molar-refractivity contribution in [2.75, 3.05) is 13.2 Å². The maximum absolute atomic E-state index is 10.0. The SMILES string of the molecule is CCCCCCCCCCCCCCCCCCN[C@H]1[CH]O[C@H](CO)[C@@H](O)[C@@H]1O. The van der Waals surface area contributed by atoms with Crippen LogP contribution in [0.4, 0.5) is 0 Å². The zero-order valence-electron chi connectivity index (χ0n) is 18.9. The summed E-state index contributed by atoms with van der Waals surface area (Å²) in [5.74, 6) is 0. The minimum absolute atomic E-state index is 0.291. The molecule has 0 aromatic rings. The molecule has 0 bridgehead atoms. The van der Waals surface area contributed by atoms with Crippen molar-refractivity contribution >= 4 is 0 Å². The van der Waals surface area contributed by atoms with Gasteiger partial charge in [0.15, 0.2) is 0 Å². The molecule has 4 atom stereocenters. The van der Waals surface area contributed by atoms with E-state index >= 15 is 0 Å². The van der Waals surface area contributed by atoms with E-state index in [1.165, 1.54) is 103 Å². The lowest BCUT2D eigenvalue weighted by atomic mass is 9.98. The molecule has 5 heteroatoms. The van der Waals surface area contributed by atoms with Gasteiger partial charge in [-0.1, -0.05) is 103 Å². The van der Waals surface area contributed by atoms with Crippen LogP contribution < -0.4 is 5.32 Å². The Morgan fingerprint density at radius 1 is 0.690 bits per heavy atom. The molecule has 5 nitrogen and oxygen atoms in total. The van der Waals surface area contributed by atoms with Crippen LogP contribution >= 0.6 is 0 Å². The molecule has 1 saturated heterocycles. The van der Waals surface area contributed by atoms with Crippen LogP contribution in [0.5, 0.6) is 0 Å². The Labute approximate surface area is 179 Å². The first-order valence-electron chi connectivity index (χ1n) is 12.4. The summed E-state index contributed by atoms with van der Waals surface area (Å²) in [6.07, 6.45) is 19.0. The maximum Gasteiger partial charge on any atom is 0.110 e. The summed E-state index contributed by atoms with van der Waals surface area (Å²) in [5.41, 5.74) is 0. The van der Waals surface area contributed by atoms with Crippen molar-refractivity contribution in [2.24, 2.45) is 0 Å². The van der Waals surface area contributed by atoms with Gasteiger partial charge in [-0.25, -0.2) is 0 Å². The summed E-state index contributed by atoms with van der Waals surface area (Å²) in [7, 11) is 0. The summed E-state index contributed by atoms with van der Waals surface area (Å²) in [4.78, 5) is 0. The van der Waals surface area contributed by atoms with Crippen LogP contribution in [0.1, 0.15) is 110 Å². The van der Waals surface area contributed by atoms with Crippen molar-refractivity contribution in [3.8, 4) is 0 Å². The summed E-state index contributed by atoms with van der Waals surface area (Å²) in [5, 5.41) is 32.2. The highest BCUT2D eigenvalue weighted by Gasteiger charge is 2.37. The highest BCUT2D eigenvalue weighted by Crippen LogP contribution is 2.18. The number of rotatable bonds is 19. The van der Waals surface area contributed by atoms with Crippen molar-refractivity contribution in [3.63, 3.8) is 0 Å². The van der Waals surface area contributed by atoms with Gasteiger partial charge in [-0.15, -0.1) is 0 Å². The Bertz CT molecular complexity index is 356. The molecule has 1 fully saturated rings. The molecule has 4 N–H and O–H groups in total. The largest absolute Gasteiger partial charge is 0.394 e. The highest BCUT2D eigenvalue weighted by molar-refractivity contribution is 4.95. The second-order valence-electron chi connectivity index (χ2n) is 8.76. The maximum atomic E-state index is 10.0. The quantitative estimate of drug-likeness (QED) is 0.234. The van der Waals surface area contributed by atoms with Crippen molar-refractivity contribution in [2.45, 2.75) is 134 Å². The first-order valence-corrected chi connectivity index (χ1v) is 12.4. The van der Waals surface area contributed by atoms with Crippen LogP contribution in [-0.4, -0.2) is 52.8 Å². The number of unbranched alkanes of at least 4 members (excludes halogenated alkanes) is 15. The van der Waals surface area contributed by atoms with Gasteiger partial charge in [0, 0.05) is 0 Å². The van der Waals surface area contributed by atoms with Crippen LogP contribution in [0.2, 0.25) is 0 Å². The van der Waals surface area contributed by atoms with Crippen LogP contribution in [0, 0.1) is 6.61 Å². The van der Waals surface area contributed by atoms with Gasteiger partial charge in [0.25, 0.3) is 0 Å². The van der Waals surface area contributed by atoms with Crippen LogP contribution in [-0.2, 0) is 4.74 Å². The van der Waals surface area contributed by atoms with Crippen molar-refractivity contribution < 1.29 is 20.1 Å². The molecule has 0 aromatic heterocycles. The summed E-state index contributed by atoms with van der Waals surface area (Å²) >= 11 is 0. The molecule has 1 aliphatic heterocycles. The number of aliphatic hydroxyl groups is 3. The Kier molecular flexibility index (Phi) is 17.2. The number of hydrogen-bond donors (Lipinski definition) is 4. The zero-order chi connectivity index (χ0) is 21.2. The zero-order valence-corrected chi connectivity index (χ0v) is 18.9. The van der Waals surface area contributed by atoms with Gasteiger partial charge >= 0.3 is 0 Å². The summed E-state index contributed by atoms with van der Waals surface area (Å²) in [6, 6.07) is -0.371. The van der Waals surface area contributed by atoms with E-state index in [-0.39, 0.29) is 12.6 Å². The van der Waals surface area contributed by atoms with Crippen LogP contribution in [0.3, 0.4) is 0 Å². The van der Waals surface area contributed by atoms with E-state index < -0.39 is 18.3 Å². The van der Waals surface area contributed by atoms with Gasteiger partial charge in [0.2, 0.25) is 0 Å². The minimum atomic E-state index is -1.05. The van der Waals surface area contributed by atoms with E-state index in [2.05, 4.69) is 12.2 Å². The second-order valence-corrected chi connectivity index (χ2v) is 8.76. The number of ether oxygens (including phenoxy) is 1. The first kappa shape index (κ1) is 26.8. The lowest BCUT2D eigenvalue weighted by Crippen LogP contribution is -2.57. The van der Waals surface area contributed by atoms with Gasteiger partial charge in [0.05, 0.1) is 12.6 Å². The fourth-order valence-corrected chi connectivity index (χ4v) is 4.04. The van der Waals surface area contributed by atoms with E-state index in [1.54, 1.807) is 0 Å². The fraction of sp³-hybridized carbons (Fsp3) is 0.958. The molecule has 1 aliphatic rings. The molecular weight excluding hydrogens is 366 g/mol. The van der Waals surface area contributed by atoms with Crippen LogP contribution in [0.25, 0.3) is 0 Å². The van der Waals surface area contributed by atoms with Crippen LogP contribution in [0.15, 0.2) is 0 Å². The first-order chi connectivity index (χ1) is 14.2. The molecule has 0 amide bonds. The van der Waals surface area contributed by atoms with Gasteiger partial charge in [-0.05, 0) is 13.0 Å². The predicted molar refractivity (Wildman–Crippen MR) is 120 cm³/mol. The molecule has 29 heavy (non-hydrogen) atoms. The van der Waals surface area contributed by atoms with Gasteiger partial charge < -0.3 is 25.4 Å². The minimum Gasteiger partial charge on any atom is -0.394 e. The Hall–Kier alpha value is -0.200.